The van der Waals surface area contributed by atoms with Crippen molar-refractivity contribution in [3.63, 3.8) is 0 Å². The van der Waals surface area contributed by atoms with Crippen molar-refractivity contribution in [3.8, 4) is 0 Å². The van der Waals surface area contributed by atoms with Crippen molar-refractivity contribution in [2.45, 2.75) is 32.7 Å². The fourth-order valence-electron chi connectivity index (χ4n) is 0.422. The topological polar surface area (TPSA) is 26.0 Å². The molecule has 0 fully saturated rings. The van der Waals surface area contributed by atoms with Crippen molar-refractivity contribution < 1.29 is 0 Å². The zero-order chi connectivity index (χ0) is 6.62. The van der Waals surface area contributed by atoms with Crippen LogP contribution in [0.2, 0.25) is 0 Å². The van der Waals surface area contributed by atoms with E-state index in [2.05, 4.69) is 13.0 Å². The van der Waals surface area contributed by atoms with Crippen LogP contribution >= 0.6 is 0 Å². The van der Waals surface area contributed by atoms with E-state index in [1.807, 2.05) is 19.9 Å². The smallest absolute Gasteiger partial charge is 0.0281 e. The lowest BCUT2D eigenvalue weighted by molar-refractivity contribution is 0.652. The lowest BCUT2D eigenvalue weighted by Crippen LogP contribution is -2.28. The van der Waals surface area contributed by atoms with Crippen molar-refractivity contribution in [2.75, 3.05) is 0 Å². The first-order valence-electron chi connectivity index (χ1n) is 3.03. The largest absolute Gasteiger partial charge is 0.322 e. The lowest BCUT2D eigenvalue weighted by Gasteiger charge is -2.10. The molecule has 8 heavy (non-hydrogen) atoms. The molecule has 0 saturated heterocycles. The van der Waals surface area contributed by atoms with Gasteiger partial charge in [0.1, 0.15) is 0 Å². The molecule has 0 aliphatic carbocycles. The Hall–Kier alpha value is -0.300. The van der Waals surface area contributed by atoms with E-state index in [0.717, 1.165) is 6.42 Å². The van der Waals surface area contributed by atoms with Crippen LogP contribution in [0, 0.1) is 0 Å². The second-order valence-corrected chi connectivity index (χ2v) is 2.63. The van der Waals surface area contributed by atoms with Gasteiger partial charge in [0.2, 0.25) is 0 Å². The third-order valence-corrected chi connectivity index (χ3v) is 0.783. The van der Waals surface area contributed by atoms with Crippen molar-refractivity contribution in [2.24, 2.45) is 5.73 Å². The monoisotopic (exact) mass is 113 g/mol. The van der Waals surface area contributed by atoms with E-state index in [0.29, 0.717) is 0 Å². The highest BCUT2D eigenvalue weighted by Gasteiger charge is 2.01. The Morgan fingerprint density at radius 3 is 2.12 bits per heavy atom. The first kappa shape index (κ1) is 7.70. The molecule has 0 spiro atoms. The van der Waals surface area contributed by atoms with Crippen LogP contribution in [0.1, 0.15) is 27.2 Å². The maximum absolute atomic E-state index is 5.63. The van der Waals surface area contributed by atoms with Gasteiger partial charge in [0, 0.05) is 5.54 Å². The molecule has 1 heteroatoms. The van der Waals surface area contributed by atoms with Gasteiger partial charge in [0.15, 0.2) is 0 Å². The SMILES string of the molecule is CC/C=C\C(C)(C)N. The Bertz CT molecular complexity index is 76.9. The van der Waals surface area contributed by atoms with Gasteiger partial charge in [0.05, 0.1) is 0 Å². The molecule has 0 amide bonds. The molecule has 0 bridgehead atoms. The van der Waals surface area contributed by atoms with Gasteiger partial charge in [-0.15, -0.1) is 0 Å². The van der Waals surface area contributed by atoms with Gasteiger partial charge in [-0.3, -0.25) is 0 Å². The summed E-state index contributed by atoms with van der Waals surface area (Å²) in [7, 11) is 0. The summed E-state index contributed by atoms with van der Waals surface area (Å²) in [5.74, 6) is 0. The van der Waals surface area contributed by atoms with Gasteiger partial charge in [-0.1, -0.05) is 19.1 Å². The van der Waals surface area contributed by atoms with Crippen LogP contribution in [0.5, 0.6) is 0 Å². The third-order valence-electron chi connectivity index (χ3n) is 0.783. The molecule has 0 aromatic rings. The molecule has 0 saturated carbocycles. The molecule has 1 nitrogen and oxygen atoms in total. The van der Waals surface area contributed by atoms with Crippen LogP contribution in [-0.2, 0) is 0 Å². The Morgan fingerprint density at radius 1 is 1.50 bits per heavy atom. The fourth-order valence-corrected chi connectivity index (χ4v) is 0.422. The second kappa shape index (κ2) is 2.88. The number of hydrogen-bond donors (Lipinski definition) is 1. The van der Waals surface area contributed by atoms with E-state index < -0.39 is 0 Å². The molecule has 0 aliphatic heterocycles. The normalized spacial score (nSPS) is 13.0. The van der Waals surface area contributed by atoms with E-state index >= 15 is 0 Å². The van der Waals surface area contributed by atoms with Gasteiger partial charge in [-0.2, -0.15) is 0 Å². The molecular formula is C7H15N. The highest BCUT2D eigenvalue weighted by molar-refractivity contribution is 4.97. The molecule has 0 heterocycles. The van der Waals surface area contributed by atoms with E-state index in [-0.39, 0.29) is 5.54 Å². The predicted molar refractivity (Wildman–Crippen MR) is 37.7 cm³/mol. The van der Waals surface area contributed by atoms with Crippen LogP contribution < -0.4 is 5.73 Å². The summed E-state index contributed by atoms with van der Waals surface area (Å²) < 4.78 is 0. The van der Waals surface area contributed by atoms with Crippen molar-refractivity contribution in [1.82, 2.24) is 0 Å². The maximum atomic E-state index is 5.63. The molecule has 0 atom stereocenters. The van der Waals surface area contributed by atoms with E-state index in [1.54, 1.807) is 0 Å². The molecule has 48 valence electrons. The number of nitrogens with two attached hydrogens (primary N) is 1. The summed E-state index contributed by atoms with van der Waals surface area (Å²) in [5, 5.41) is 0. The van der Waals surface area contributed by atoms with Crippen molar-refractivity contribution in [3.05, 3.63) is 12.2 Å². The quantitative estimate of drug-likeness (QED) is 0.542. The molecule has 0 radical (unpaired) electrons. The number of rotatable bonds is 2. The molecule has 0 aromatic heterocycles. The summed E-state index contributed by atoms with van der Waals surface area (Å²) >= 11 is 0. The molecule has 0 aromatic carbocycles. The van der Waals surface area contributed by atoms with E-state index in [4.69, 9.17) is 5.73 Å². The van der Waals surface area contributed by atoms with Crippen molar-refractivity contribution in [1.29, 1.82) is 0 Å². The fraction of sp³-hybridized carbons (Fsp3) is 0.714. The van der Waals surface area contributed by atoms with Gasteiger partial charge in [-0.05, 0) is 20.3 Å². The van der Waals surface area contributed by atoms with Crippen LogP contribution in [0.4, 0.5) is 0 Å². The third kappa shape index (κ3) is 5.70. The molecular weight excluding hydrogens is 98.1 g/mol. The average Bonchev–Trinajstić information content (AvgIpc) is 1.59. The summed E-state index contributed by atoms with van der Waals surface area (Å²) in [6, 6.07) is 0. The standard InChI is InChI=1S/C7H15N/c1-4-5-6-7(2,3)8/h5-6H,4,8H2,1-3H3/b6-5-. The predicted octanol–water partition coefficient (Wildman–Crippen LogP) is 1.69. The zero-order valence-corrected chi connectivity index (χ0v) is 5.94. The van der Waals surface area contributed by atoms with Gasteiger partial charge < -0.3 is 5.73 Å². The maximum Gasteiger partial charge on any atom is 0.0281 e. The van der Waals surface area contributed by atoms with E-state index in [9.17, 15) is 0 Å². The van der Waals surface area contributed by atoms with Crippen LogP contribution in [0.3, 0.4) is 0 Å². The minimum Gasteiger partial charge on any atom is -0.322 e. The number of allylic oxidation sites excluding steroid dienone is 1. The van der Waals surface area contributed by atoms with Crippen molar-refractivity contribution >= 4 is 0 Å². The van der Waals surface area contributed by atoms with Gasteiger partial charge >= 0.3 is 0 Å². The minimum atomic E-state index is -0.129. The number of hydrogen-bond acceptors (Lipinski definition) is 1. The average molecular weight is 113 g/mol. The Kier molecular flexibility index (Phi) is 2.77. The second-order valence-electron chi connectivity index (χ2n) is 2.63. The highest BCUT2D eigenvalue weighted by atomic mass is 14.7. The highest BCUT2D eigenvalue weighted by Crippen LogP contribution is 1.98. The molecule has 0 unspecified atom stereocenters. The van der Waals surface area contributed by atoms with Gasteiger partial charge in [0.25, 0.3) is 0 Å². The Morgan fingerprint density at radius 2 is 2.00 bits per heavy atom. The molecule has 0 aliphatic rings. The van der Waals surface area contributed by atoms with Crippen LogP contribution in [0.15, 0.2) is 12.2 Å². The van der Waals surface area contributed by atoms with Crippen LogP contribution in [-0.4, -0.2) is 5.54 Å². The first-order chi connectivity index (χ1) is 3.56. The molecule has 0 rings (SSSR count). The summed E-state index contributed by atoms with van der Waals surface area (Å²) in [4.78, 5) is 0. The summed E-state index contributed by atoms with van der Waals surface area (Å²) in [5.41, 5.74) is 5.51. The Labute approximate surface area is 51.6 Å². The zero-order valence-electron chi connectivity index (χ0n) is 5.94. The lowest BCUT2D eigenvalue weighted by atomic mass is 10.1. The summed E-state index contributed by atoms with van der Waals surface area (Å²) in [6.45, 7) is 6.07. The Balaban J connectivity index is 3.52. The van der Waals surface area contributed by atoms with Crippen LogP contribution in [0.25, 0.3) is 0 Å². The minimum absolute atomic E-state index is 0.129. The van der Waals surface area contributed by atoms with Gasteiger partial charge in [-0.25, -0.2) is 0 Å². The molecule has 2 N–H and O–H groups in total. The summed E-state index contributed by atoms with van der Waals surface area (Å²) in [6.07, 6.45) is 5.17. The van der Waals surface area contributed by atoms with E-state index in [1.165, 1.54) is 0 Å². The first-order valence-corrected chi connectivity index (χ1v) is 3.03.